The van der Waals surface area contributed by atoms with Gasteiger partial charge in [-0.1, -0.05) is 17.7 Å². The molecule has 4 heteroatoms. The Morgan fingerprint density at radius 2 is 2.16 bits per heavy atom. The molecule has 1 aromatic heterocycles. The van der Waals surface area contributed by atoms with Gasteiger partial charge in [0.25, 0.3) is 0 Å². The van der Waals surface area contributed by atoms with E-state index in [-0.39, 0.29) is 11.9 Å². The number of rotatable bonds is 4. The van der Waals surface area contributed by atoms with Crippen LogP contribution in [0.5, 0.6) is 0 Å². The predicted octanol–water partition coefficient (Wildman–Crippen LogP) is 3.91. The summed E-state index contributed by atoms with van der Waals surface area (Å²) in [4.78, 5) is 16.4. The van der Waals surface area contributed by atoms with Crippen molar-refractivity contribution in [2.75, 3.05) is 6.61 Å². The first kappa shape index (κ1) is 13.7. The standard InChI is InChI=1S/C15H17NO2S/c1-10(2)8-9-18-15(17)11(3)14-16-12-6-4-5-7-13(12)19-14/h4-8,11H,9H2,1-3H3. The number of carbonyl (C=O) groups excluding carboxylic acids is 1. The molecular weight excluding hydrogens is 258 g/mol. The minimum atomic E-state index is -0.317. The second-order valence-electron chi connectivity index (χ2n) is 4.65. The SMILES string of the molecule is CC(C)=CCOC(=O)C(C)c1nc2ccccc2s1. The Labute approximate surface area is 116 Å². The molecule has 0 bridgehead atoms. The topological polar surface area (TPSA) is 39.2 Å². The number of ether oxygens (including phenoxy) is 1. The fourth-order valence-electron chi connectivity index (χ4n) is 1.59. The summed E-state index contributed by atoms with van der Waals surface area (Å²) in [6, 6.07) is 7.89. The number of carbonyl (C=O) groups is 1. The van der Waals surface area contributed by atoms with E-state index in [1.165, 1.54) is 0 Å². The van der Waals surface area contributed by atoms with Crippen LogP contribution in [0.15, 0.2) is 35.9 Å². The third-order valence-corrected chi connectivity index (χ3v) is 3.97. The minimum absolute atomic E-state index is 0.225. The lowest BCUT2D eigenvalue weighted by atomic mass is 10.2. The summed E-state index contributed by atoms with van der Waals surface area (Å²) in [6.45, 7) is 6.12. The third kappa shape index (κ3) is 3.41. The van der Waals surface area contributed by atoms with Crippen molar-refractivity contribution >= 4 is 27.5 Å². The number of fused-ring (bicyclic) bond motifs is 1. The second kappa shape index (κ2) is 5.97. The molecule has 0 aliphatic rings. The zero-order valence-electron chi connectivity index (χ0n) is 11.3. The van der Waals surface area contributed by atoms with Gasteiger partial charge in [-0.25, -0.2) is 4.98 Å². The number of aromatic nitrogens is 1. The van der Waals surface area contributed by atoms with E-state index < -0.39 is 0 Å². The van der Waals surface area contributed by atoms with Gasteiger partial charge in [0.1, 0.15) is 17.5 Å². The molecular formula is C15H17NO2S. The molecule has 2 rings (SSSR count). The molecule has 0 aliphatic carbocycles. The Hall–Kier alpha value is -1.68. The number of thiazole rings is 1. The van der Waals surface area contributed by atoms with E-state index in [2.05, 4.69) is 4.98 Å². The summed E-state index contributed by atoms with van der Waals surface area (Å²) in [5.74, 6) is -0.542. The molecule has 0 saturated carbocycles. The van der Waals surface area contributed by atoms with Crippen LogP contribution in [0.25, 0.3) is 10.2 Å². The van der Waals surface area contributed by atoms with Crippen molar-refractivity contribution in [2.24, 2.45) is 0 Å². The molecule has 0 amide bonds. The number of esters is 1. The van der Waals surface area contributed by atoms with Crippen molar-refractivity contribution in [3.63, 3.8) is 0 Å². The van der Waals surface area contributed by atoms with Gasteiger partial charge in [0.2, 0.25) is 0 Å². The molecule has 1 unspecified atom stereocenters. The van der Waals surface area contributed by atoms with Gasteiger partial charge in [-0.15, -0.1) is 11.3 Å². The van der Waals surface area contributed by atoms with Crippen LogP contribution in [0, 0.1) is 0 Å². The molecule has 1 aromatic carbocycles. The average molecular weight is 275 g/mol. The highest BCUT2D eigenvalue weighted by Gasteiger charge is 2.20. The number of hydrogen-bond donors (Lipinski definition) is 0. The lowest BCUT2D eigenvalue weighted by Gasteiger charge is -2.07. The summed E-state index contributed by atoms with van der Waals surface area (Å²) in [7, 11) is 0. The highest BCUT2D eigenvalue weighted by Crippen LogP contribution is 2.27. The minimum Gasteiger partial charge on any atom is -0.461 e. The van der Waals surface area contributed by atoms with E-state index in [0.29, 0.717) is 6.61 Å². The lowest BCUT2D eigenvalue weighted by Crippen LogP contribution is -2.13. The third-order valence-electron chi connectivity index (χ3n) is 2.75. The Bertz CT molecular complexity index is 578. The molecule has 2 aromatic rings. The molecule has 0 radical (unpaired) electrons. The van der Waals surface area contributed by atoms with Crippen LogP contribution in [0.4, 0.5) is 0 Å². The van der Waals surface area contributed by atoms with E-state index in [1.54, 1.807) is 11.3 Å². The van der Waals surface area contributed by atoms with Crippen LogP contribution in [0.1, 0.15) is 31.7 Å². The van der Waals surface area contributed by atoms with E-state index in [9.17, 15) is 4.79 Å². The molecule has 0 N–H and O–H groups in total. The van der Waals surface area contributed by atoms with Crippen LogP contribution < -0.4 is 0 Å². The van der Waals surface area contributed by atoms with Gasteiger partial charge in [0, 0.05) is 0 Å². The Morgan fingerprint density at radius 1 is 1.42 bits per heavy atom. The van der Waals surface area contributed by atoms with Crippen LogP contribution in [0.3, 0.4) is 0 Å². The number of para-hydroxylation sites is 1. The molecule has 0 saturated heterocycles. The van der Waals surface area contributed by atoms with Crippen molar-refractivity contribution in [1.82, 2.24) is 4.98 Å². The molecule has 100 valence electrons. The molecule has 19 heavy (non-hydrogen) atoms. The van der Waals surface area contributed by atoms with Crippen molar-refractivity contribution in [2.45, 2.75) is 26.7 Å². The highest BCUT2D eigenvalue weighted by atomic mass is 32.1. The zero-order valence-corrected chi connectivity index (χ0v) is 12.2. The fraction of sp³-hybridized carbons (Fsp3) is 0.333. The average Bonchev–Trinajstić information content (AvgIpc) is 2.80. The molecule has 1 heterocycles. The van der Waals surface area contributed by atoms with Crippen LogP contribution in [0.2, 0.25) is 0 Å². The van der Waals surface area contributed by atoms with Gasteiger partial charge in [0.05, 0.1) is 10.2 Å². The maximum atomic E-state index is 11.9. The van der Waals surface area contributed by atoms with Crippen LogP contribution >= 0.6 is 11.3 Å². The first-order valence-corrected chi connectivity index (χ1v) is 7.05. The summed E-state index contributed by atoms with van der Waals surface area (Å²) in [6.07, 6.45) is 1.89. The van der Waals surface area contributed by atoms with E-state index in [4.69, 9.17) is 4.74 Å². The van der Waals surface area contributed by atoms with E-state index in [0.717, 1.165) is 20.8 Å². The first-order chi connectivity index (χ1) is 9.08. The number of nitrogens with zero attached hydrogens (tertiary/aromatic N) is 1. The van der Waals surface area contributed by atoms with Crippen molar-refractivity contribution in [3.8, 4) is 0 Å². The Kier molecular flexibility index (Phi) is 4.32. The molecule has 0 spiro atoms. The van der Waals surface area contributed by atoms with Gasteiger partial charge < -0.3 is 4.74 Å². The maximum Gasteiger partial charge on any atom is 0.315 e. The maximum absolute atomic E-state index is 11.9. The summed E-state index contributed by atoms with van der Waals surface area (Å²) >= 11 is 1.55. The zero-order chi connectivity index (χ0) is 13.8. The van der Waals surface area contributed by atoms with Crippen LogP contribution in [-0.4, -0.2) is 17.6 Å². The largest absolute Gasteiger partial charge is 0.461 e. The van der Waals surface area contributed by atoms with Crippen molar-refractivity contribution in [3.05, 3.63) is 40.9 Å². The highest BCUT2D eigenvalue weighted by molar-refractivity contribution is 7.18. The quantitative estimate of drug-likeness (QED) is 0.627. The second-order valence-corrected chi connectivity index (χ2v) is 5.72. The summed E-state index contributed by atoms with van der Waals surface area (Å²) in [5.41, 5.74) is 2.08. The summed E-state index contributed by atoms with van der Waals surface area (Å²) < 4.78 is 6.31. The predicted molar refractivity (Wildman–Crippen MR) is 78.4 cm³/mol. The molecule has 0 aliphatic heterocycles. The smallest absolute Gasteiger partial charge is 0.315 e. The van der Waals surface area contributed by atoms with Gasteiger partial charge in [-0.05, 0) is 39.0 Å². The molecule has 3 nitrogen and oxygen atoms in total. The Balaban J connectivity index is 2.08. The normalized spacial score (nSPS) is 12.2. The monoisotopic (exact) mass is 275 g/mol. The number of benzene rings is 1. The van der Waals surface area contributed by atoms with Crippen molar-refractivity contribution < 1.29 is 9.53 Å². The fourth-order valence-corrected chi connectivity index (χ4v) is 2.60. The first-order valence-electron chi connectivity index (χ1n) is 6.23. The van der Waals surface area contributed by atoms with Gasteiger partial charge in [-0.3, -0.25) is 4.79 Å². The van der Waals surface area contributed by atoms with Gasteiger partial charge >= 0.3 is 5.97 Å². The number of hydrogen-bond acceptors (Lipinski definition) is 4. The number of allylic oxidation sites excluding steroid dienone is 1. The van der Waals surface area contributed by atoms with Gasteiger partial charge in [-0.2, -0.15) is 0 Å². The Morgan fingerprint density at radius 3 is 2.84 bits per heavy atom. The van der Waals surface area contributed by atoms with Crippen molar-refractivity contribution in [1.29, 1.82) is 0 Å². The van der Waals surface area contributed by atoms with Gasteiger partial charge in [0.15, 0.2) is 0 Å². The molecule has 1 atom stereocenters. The van der Waals surface area contributed by atoms with E-state index >= 15 is 0 Å². The lowest BCUT2D eigenvalue weighted by molar-refractivity contribution is -0.143. The molecule has 0 fully saturated rings. The van der Waals surface area contributed by atoms with E-state index in [1.807, 2.05) is 51.1 Å². The summed E-state index contributed by atoms with van der Waals surface area (Å²) in [5, 5.41) is 0.809. The van der Waals surface area contributed by atoms with Crippen LogP contribution in [-0.2, 0) is 9.53 Å².